The van der Waals surface area contributed by atoms with Crippen molar-refractivity contribution in [1.29, 1.82) is 0 Å². The van der Waals surface area contributed by atoms with Crippen LogP contribution >= 0.6 is 23.2 Å². The molecule has 27 heavy (non-hydrogen) atoms. The zero-order valence-electron chi connectivity index (χ0n) is 14.1. The molecule has 0 saturated carbocycles. The van der Waals surface area contributed by atoms with Gasteiger partial charge in [0, 0.05) is 18.2 Å². The Labute approximate surface area is 164 Å². The molecule has 7 nitrogen and oxygen atoms in total. The summed E-state index contributed by atoms with van der Waals surface area (Å²) >= 11 is 11.8. The van der Waals surface area contributed by atoms with Gasteiger partial charge in [0.25, 0.3) is 5.69 Å². The molecule has 0 saturated heterocycles. The van der Waals surface area contributed by atoms with Gasteiger partial charge in [-0.15, -0.1) is 0 Å². The van der Waals surface area contributed by atoms with Crippen molar-refractivity contribution in [3.8, 4) is 11.6 Å². The van der Waals surface area contributed by atoms with E-state index in [2.05, 4.69) is 5.10 Å². The Morgan fingerprint density at radius 3 is 2.44 bits per heavy atom. The minimum Gasteiger partial charge on any atom is -0.404 e. The highest BCUT2D eigenvalue weighted by Crippen LogP contribution is 2.25. The van der Waals surface area contributed by atoms with E-state index in [1.54, 1.807) is 6.07 Å². The van der Waals surface area contributed by atoms with Crippen LogP contribution in [0.3, 0.4) is 0 Å². The normalized spacial score (nSPS) is 10.6. The van der Waals surface area contributed by atoms with Crippen LogP contribution in [0.15, 0.2) is 48.5 Å². The summed E-state index contributed by atoms with van der Waals surface area (Å²) in [6.45, 7) is 1.91. The molecule has 0 fully saturated rings. The van der Waals surface area contributed by atoms with E-state index in [1.165, 1.54) is 47.1 Å². The van der Waals surface area contributed by atoms with Crippen LogP contribution < -0.4 is 4.74 Å². The summed E-state index contributed by atoms with van der Waals surface area (Å²) in [5.74, 6) is -0.434. The molecule has 0 unspecified atom stereocenters. The third-order valence-electron chi connectivity index (χ3n) is 3.75. The lowest BCUT2D eigenvalue weighted by Crippen LogP contribution is -2.11. The number of carbonyl (C=O) groups excluding carboxylic acids is 1. The molecule has 0 radical (unpaired) electrons. The molecule has 0 bridgehead atoms. The molecule has 0 N–H and O–H groups in total. The maximum absolute atomic E-state index is 12.4. The Hall–Kier alpha value is -2.90. The second-order valence-corrected chi connectivity index (χ2v) is 6.35. The van der Waals surface area contributed by atoms with Gasteiger partial charge in [0.1, 0.15) is 0 Å². The van der Waals surface area contributed by atoms with E-state index < -0.39 is 10.9 Å². The zero-order valence-corrected chi connectivity index (χ0v) is 15.6. The maximum Gasteiger partial charge on any atom is 0.344 e. The fourth-order valence-electron chi connectivity index (χ4n) is 2.33. The number of nitrogens with zero attached hydrogens (tertiary/aromatic N) is 3. The van der Waals surface area contributed by atoms with Crippen molar-refractivity contribution in [1.82, 2.24) is 9.78 Å². The molecule has 9 heteroatoms. The number of esters is 1. The lowest BCUT2D eigenvalue weighted by Gasteiger charge is -2.08. The van der Waals surface area contributed by atoms with Crippen molar-refractivity contribution in [2.45, 2.75) is 13.3 Å². The third kappa shape index (κ3) is 4.10. The molecule has 0 aliphatic rings. The molecule has 2 aromatic carbocycles. The minimum atomic E-state index is -0.626. The average Bonchev–Trinajstić information content (AvgIpc) is 3.06. The first-order valence-corrected chi connectivity index (χ1v) is 8.65. The van der Waals surface area contributed by atoms with Crippen molar-refractivity contribution >= 4 is 34.9 Å². The van der Waals surface area contributed by atoms with Crippen LogP contribution in [0.1, 0.15) is 23.0 Å². The molecular weight excluding hydrogens is 393 g/mol. The average molecular weight is 406 g/mol. The highest BCUT2D eigenvalue weighted by molar-refractivity contribution is 6.42. The number of halogens is 2. The predicted octanol–water partition coefficient (Wildman–Crippen LogP) is 4.87. The highest BCUT2D eigenvalue weighted by Gasteiger charge is 2.17. The van der Waals surface area contributed by atoms with Gasteiger partial charge in [-0.25, -0.2) is 9.48 Å². The number of non-ortho nitro benzene ring substituents is 1. The maximum atomic E-state index is 12.4. The van der Waals surface area contributed by atoms with Crippen molar-refractivity contribution in [3.05, 3.63) is 79.9 Å². The van der Waals surface area contributed by atoms with E-state index >= 15 is 0 Å². The molecule has 3 aromatic rings. The number of nitro benzene ring substituents is 1. The Morgan fingerprint density at radius 1 is 1.15 bits per heavy atom. The van der Waals surface area contributed by atoms with Gasteiger partial charge in [-0.3, -0.25) is 10.1 Å². The second-order valence-electron chi connectivity index (χ2n) is 5.53. The number of aromatic nitrogens is 2. The van der Waals surface area contributed by atoms with Gasteiger partial charge >= 0.3 is 5.97 Å². The van der Waals surface area contributed by atoms with Crippen molar-refractivity contribution in [2.24, 2.45) is 0 Å². The highest BCUT2D eigenvalue weighted by atomic mass is 35.5. The number of nitro groups is 1. The molecule has 0 aliphatic heterocycles. The van der Waals surface area contributed by atoms with Gasteiger partial charge in [-0.1, -0.05) is 30.1 Å². The quantitative estimate of drug-likeness (QED) is 0.343. The smallest absolute Gasteiger partial charge is 0.344 e. The Bertz CT molecular complexity index is 1020. The first kappa shape index (κ1) is 18.9. The first-order chi connectivity index (χ1) is 12.9. The summed E-state index contributed by atoms with van der Waals surface area (Å²) in [6.07, 6.45) is 0.622. The number of carbonyl (C=O) groups is 1. The van der Waals surface area contributed by atoms with E-state index in [-0.39, 0.29) is 22.2 Å². The Morgan fingerprint density at radius 2 is 1.85 bits per heavy atom. The number of benzene rings is 2. The number of ether oxygens (including phenoxy) is 1. The van der Waals surface area contributed by atoms with Gasteiger partial charge in [-0.2, -0.15) is 5.10 Å². The zero-order chi connectivity index (χ0) is 19.6. The topological polar surface area (TPSA) is 87.3 Å². The number of hydrogen-bond acceptors (Lipinski definition) is 5. The fraction of sp³-hybridized carbons (Fsp3) is 0.111. The minimum absolute atomic E-state index is 0.0454. The number of hydrogen-bond donors (Lipinski definition) is 0. The molecule has 3 rings (SSSR count). The lowest BCUT2D eigenvalue weighted by atomic mass is 10.2. The Kier molecular flexibility index (Phi) is 5.43. The largest absolute Gasteiger partial charge is 0.404 e. The van der Waals surface area contributed by atoms with E-state index in [0.717, 1.165) is 0 Å². The molecule has 0 amide bonds. The van der Waals surface area contributed by atoms with Crippen LogP contribution in [0.2, 0.25) is 10.0 Å². The second kappa shape index (κ2) is 7.77. The predicted molar refractivity (Wildman–Crippen MR) is 101 cm³/mol. The van der Waals surface area contributed by atoms with Crippen LogP contribution in [0.5, 0.6) is 5.88 Å². The monoisotopic (exact) mass is 405 g/mol. The van der Waals surface area contributed by atoms with Crippen LogP contribution in [-0.4, -0.2) is 20.7 Å². The van der Waals surface area contributed by atoms with E-state index in [0.29, 0.717) is 22.8 Å². The molecule has 1 aromatic heterocycles. The molecule has 0 spiro atoms. The fourth-order valence-corrected chi connectivity index (χ4v) is 2.63. The molecule has 138 valence electrons. The van der Waals surface area contributed by atoms with Crippen LogP contribution in [-0.2, 0) is 6.42 Å². The van der Waals surface area contributed by atoms with E-state index in [1.807, 2.05) is 6.92 Å². The SMILES string of the molecule is CCc1cc(OC(=O)c2ccc(Cl)c(Cl)c2)n(-c2ccc([N+](=O)[O-])cc2)n1. The van der Waals surface area contributed by atoms with E-state index in [4.69, 9.17) is 27.9 Å². The van der Waals surface area contributed by atoms with Crippen LogP contribution in [0.25, 0.3) is 5.69 Å². The summed E-state index contributed by atoms with van der Waals surface area (Å²) in [7, 11) is 0. The summed E-state index contributed by atoms with van der Waals surface area (Å²) in [5, 5.41) is 15.8. The van der Waals surface area contributed by atoms with Crippen molar-refractivity contribution in [2.75, 3.05) is 0 Å². The van der Waals surface area contributed by atoms with Crippen molar-refractivity contribution < 1.29 is 14.5 Å². The number of rotatable bonds is 5. The standard InChI is InChI=1S/C18H13Cl2N3O4/c1-2-12-10-17(27-18(24)11-3-8-15(19)16(20)9-11)22(21-12)13-4-6-14(7-5-13)23(25)26/h3-10H,2H2,1H3. The third-order valence-corrected chi connectivity index (χ3v) is 4.49. The first-order valence-electron chi connectivity index (χ1n) is 7.90. The summed E-state index contributed by atoms with van der Waals surface area (Å²) in [4.78, 5) is 22.8. The summed E-state index contributed by atoms with van der Waals surface area (Å²) in [6, 6.07) is 11.8. The van der Waals surface area contributed by atoms with Gasteiger partial charge < -0.3 is 4.74 Å². The van der Waals surface area contributed by atoms with Gasteiger partial charge in [0.05, 0.1) is 31.9 Å². The molecule has 0 aliphatic carbocycles. The van der Waals surface area contributed by atoms with E-state index in [9.17, 15) is 14.9 Å². The molecule has 1 heterocycles. The lowest BCUT2D eigenvalue weighted by molar-refractivity contribution is -0.384. The molecule has 0 atom stereocenters. The summed E-state index contributed by atoms with van der Waals surface area (Å²) < 4.78 is 6.88. The van der Waals surface area contributed by atoms with Gasteiger partial charge in [0.15, 0.2) is 0 Å². The Balaban J connectivity index is 1.93. The van der Waals surface area contributed by atoms with Crippen molar-refractivity contribution in [3.63, 3.8) is 0 Å². The van der Waals surface area contributed by atoms with Crippen LogP contribution in [0.4, 0.5) is 5.69 Å². The van der Waals surface area contributed by atoms with Crippen LogP contribution in [0, 0.1) is 10.1 Å². The molecular formula is C18H13Cl2N3O4. The van der Waals surface area contributed by atoms with Gasteiger partial charge in [0.2, 0.25) is 5.88 Å². The van der Waals surface area contributed by atoms with Gasteiger partial charge in [-0.05, 0) is 36.8 Å². The number of aryl methyl sites for hydroxylation is 1. The summed E-state index contributed by atoms with van der Waals surface area (Å²) in [5.41, 5.74) is 1.41.